The number of nitrogens with one attached hydrogen (secondary N) is 1. The number of methoxy groups -OCH3 is 1. The third kappa shape index (κ3) is 7.52. The highest BCUT2D eigenvalue weighted by molar-refractivity contribution is 6.05. The second-order valence-corrected chi connectivity index (χ2v) is 13.8. The minimum Gasteiger partial charge on any atom is -0.496 e. The Labute approximate surface area is 292 Å². The van der Waals surface area contributed by atoms with Crippen LogP contribution in [0.15, 0.2) is 42.6 Å². The van der Waals surface area contributed by atoms with Gasteiger partial charge in [-0.3, -0.25) is 9.48 Å². The van der Waals surface area contributed by atoms with E-state index in [9.17, 15) is 4.79 Å². The first-order chi connectivity index (χ1) is 23.8. The quantitative estimate of drug-likeness (QED) is 0.166. The average Bonchev–Trinajstić information content (AvgIpc) is 3.33. The molecule has 2 aromatic heterocycles. The van der Waals surface area contributed by atoms with E-state index in [-0.39, 0.29) is 5.91 Å². The lowest BCUT2D eigenvalue weighted by Crippen LogP contribution is -2.41. The molecule has 2 aliphatic rings. The molecule has 6 rings (SSSR count). The summed E-state index contributed by atoms with van der Waals surface area (Å²) in [5.41, 5.74) is 10.2. The lowest BCUT2D eigenvalue weighted by atomic mass is 10.0. The topological polar surface area (TPSA) is 88.4 Å². The molecule has 1 fully saturated rings. The summed E-state index contributed by atoms with van der Waals surface area (Å²) in [5, 5.41) is 8.01. The molecule has 0 spiro atoms. The molecule has 9 nitrogen and oxygen atoms in total. The summed E-state index contributed by atoms with van der Waals surface area (Å²) in [7, 11) is 8.06. The van der Waals surface area contributed by atoms with Gasteiger partial charge in [-0.05, 0) is 107 Å². The van der Waals surface area contributed by atoms with Crippen molar-refractivity contribution in [2.24, 2.45) is 7.05 Å². The van der Waals surface area contributed by atoms with Gasteiger partial charge in [0.25, 0.3) is 5.91 Å². The zero-order chi connectivity index (χ0) is 34.5. The number of hydrogen-bond acceptors (Lipinski definition) is 7. The van der Waals surface area contributed by atoms with Crippen LogP contribution in [-0.4, -0.2) is 70.9 Å². The number of rotatable bonds is 12. The number of unbranched alkanes of at least 4 members (excludes halogenated alkanes) is 1. The van der Waals surface area contributed by atoms with Crippen molar-refractivity contribution in [1.82, 2.24) is 24.6 Å². The second-order valence-electron chi connectivity index (χ2n) is 13.8. The fourth-order valence-corrected chi connectivity index (χ4v) is 7.64. The number of ether oxygens (including phenoxy) is 1. The highest BCUT2D eigenvalue weighted by atomic mass is 16.5. The van der Waals surface area contributed by atoms with E-state index < -0.39 is 0 Å². The molecule has 260 valence electrons. The molecule has 0 saturated carbocycles. The molecule has 49 heavy (non-hydrogen) atoms. The largest absolute Gasteiger partial charge is 0.496 e. The highest BCUT2D eigenvalue weighted by Crippen LogP contribution is 2.34. The van der Waals surface area contributed by atoms with Crippen molar-refractivity contribution in [2.75, 3.05) is 44.5 Å². The van der Waals surface area contributed by atoms with Gasteiger partial charge in [-0.2, -0.15) is 5.10 Å². The van der Waals surface area contributed by atoms with Crippen molar-refractivity contribution in [3.05, 3.63) is 81.9 Å². The lowest BCUT2D eigenvalue weighted by molar-refractivity contribution is 0.102. The average molecular weight is 664 g/mol. The smallest absolute Gasteiger partial charge is 0.276 e. The molecule has 1 saturated heterocycles. The molecule has 1 amide bonds. The molecule has 1 aliphatic heterocycles. The number of aromatic nitrogens is 4. The molecule has 0 bridgehead atoms. The zero-order valence-electron chi connectivity index (χ0n) is 30.3. The standard InChI is InChI=1S/C40H53N7O2/c1-7-27-14-11-15-28(8-2)36(27)43-40(48)38-33-17-12-16-30-26-41-35(42-37(30)39(33)46(5)44-38)18-10-9-13-29-19-20-32(25-34(29)49-6)47-23-21-31(22-24-47)45(3)4/h11,14-15,19-20,25-26,31H,7-10,12-13,16-18,21-24H2,1-6H3,(H,43,48). The van der Waals surface area contributed by atoms with Crippen LogP contribution in [0.25, 0.3) is 11.4 Å². The molecule has 1 aliphatic carbocycles. The summed E-state index contributed by atoms with van der Waals surface area (Å²) in [6.07, 6.45) is 12.4. The molecule has 3 heterocycles. The molecule has 9 heteroatoms. The number of hydrogen-bond donors (Lipinski definition) is 1. The Morgan fingerprint density at radius 3 is 2.43 bits per heavy atom. The van der Waals surface area contributed by atoms with Gasteiger partial charge in [-0.25, -0.2) is 9.97 Å². The Morgan fingerprint density at radius 1 is 1.00 bits per heavy atom. The van der Waals surface area contributed by atoms with Crippen LogP contribution in [0.5, 0.6) is 5.75 Å². The van der Waals surface area contributed by atoms with Gasteiger partial charge in [0.05, 0.1) is 18.5 Å². The van der Waals surface area contributed by atoms with Crippen LogP contribution in [0.1, 0.15) is 90.1 Å². The van der Waals surface area contributed by atoms with E-state index in [1.165, 1.54) is 24.1 Å². The van der Waals surface area contributed by atoms with Crippen LogP contribution in [0, 0.1) is 0 Å². The molecule has 2 aromatic carbocycles. The predicted octanol–water partition coefficient (Wildman–Crippen LogP) is 6.85. The Bertz CT molecular complexity index is 1750. The fraction of sp³-hybridized carbons (Fsp3) is 0.500. The number of fused-ring (bicyclic) bond motifs is 3. The maximum Gasteiger partial charge on any atom is 0.276 e. The van der Waals surface area contributed by atoms with Crippen LogP contribution in [0.2, 0.25) is 0 Å². The van der Waals surface area contributed by atoms with Crippen LogP contribution < -0.4 is 15.0 Å². The van der Waals surface area contributed by atoms with Gasteiger partial charge in [-0.1, -0.05) is 38.1 Å². The van der Waals surface area contributed by atoms with Gasteiger partial charge in [0.2, 0.25) is 0 Å². The number of carbonyl (C=O) groups is 1. The molecular formula is C40H53N7O2. The van der Waals surface area contributed by atoms with Crippen LogP contribution in [0.3, 0.4) is 0 Å². The van der Waals surface area contributed by atoms with Crippen molar-refractivity contribution in [3.63, 3.8) is 0 Å². The van der Waals surface area contributed by atoms with Crippen LogP contribution >= 0.6 is 0 Å². The third-order valence-corrected chi connectivity index (χ3v) is 10.5. The maximum absolute atomic E-state index is 13.8. The molecule has 4 aromatic rings. The molecule has 0 unspecified atom stereocenters. The van der Waals surface area contributed by atoms with E-state index in [0.29, 0.717) is 11.7 Å². The second kappa shape index (κ2) is 15.5. The van der Waals surface area contributed by atoms with E-state index in [2.05, 4.69) is 79.5 Å². The number of nitrogens with zero attached hydrogens (tertiary/aromatic N) is 6. The van der Waals surface area contributed by atoms with Crippen LogP contribution in [-0.2, 0) is 45.6 Å². The minimum absolute atomic E-state index is 0.150. The summed E-state index contributed by atoms with van der Waals surface area (Å²) in [6, 6.07) is 13.6. The van der Waals surface area contributed by atoms with Crippen molar-refractivity contribution in [1.29, 1.82) is 0 Å². The van der Waals surface area contributed by atoms with Gasteiger partial charge in [0, 0.05) is 61.8 Å². The first kappa shape index (κ1) is 34.6. The van der Waals surface area contributed by atoms with Crippen molar-refractivity contribution < 1.29 is 9.53 Å². The summed E-state index contributed by atoms with van der Waals surface area (Å²) in [5.74, 6) is 1.66. The van der Waals surface area contributed by atoms with Crippen LogP contribution in [0.4, 0.5) is 11.4 Å². The normalized spacial score (nSPS) is 14.8. The number of amides is 1. The Balaban J connectivity index is 1.12. The van der Waals surface area contributed by atoms with Crippen molar-refractivity contribution in [2.45, 2.75) is 90.5 Å². The summed E-state index contributed by atoms with van der Waals surface area (Å²) < 4.78 is 7.69. The van der Waals surface area contributed by atoms with Gasteiger partial charge >= 0.3 is 0 Å². The summed E-state index contributed by atoms with van der Waals surface area (Å²) in [6.45, 7) is 6.40. The monoisotopic (exact) mass is 663 g/mol. The molecule has 1 N–H and O–H groups in total. The SMILES string of the molecule is CCc1cccc(CC)c1NC(=O)c1nn(C)c2c1CCCc1cnc(CCCCc3ccc(N4CCC(N(C)C)CC4)cc3OC)nc1-2. The number of para-hydroxylation sites is 1. The maximum atomic E-state index is 13.8. The number of anilines is 2. The van der Waals surface area contributed by atoms with Gasteiger partial charge in [0.15, 0.2) is 5.69 Å². The van der Waals surface area contributed by atoms with E-state index in [0.717, 1.165) is 122 Å². The highest BCUT2D eigenvalue weighted by Gasteiger charge is 2.28. The Morgan fingerprint density at radius 2 is 1.73 bits per heavy atom. The Kier molecular flexibility index (Phi) is 11.0. The minimum atomic E-state index is -0.150. The van der Waals surface area contributed by atoms with Gasteiger partial charge < -0.3 is 19.9 Å². The van der Waals surface area contributed by atoms with E-state index >= 15 is 0 Å². The van der Waals surface area contributed by atoms with Crippen molar-refractivity contribution in [3.8, 4) is 17.1 Å². The molecular weight excluding hydrogens is 610 g/mol. The zero-order valence-corrected chi connectivity index (χ0v) is 30.3. The molecule has 0 atom stereocenters. The first-order valence-corrected chi connectivity index (χ1v) is 18.2. The van der Waals surface area contributed by atoms with Gasteiger partial charge in [-0.15, -0.1) is 0 Å². The number of carbonyl (C=O) groups excluding carboxylic acids is 1. The summed E-state index contributed by atoms with van der Waals surface area (Å²) in [4.78, 5) is 28.5. The van der Waals surface area contributed by atoms with Gasteiger partial charge in [0.1, 0.15) is 11.6 Å². The summed E-state index contributed by atoms with van der Waals surface area (Å²) >= 11 is 0. The fourth-order valence-electron chi connectivity index (χ4n) is 7.64. The van der Waals surface area contributed by atoms with Crippen molar-refractivity contribution >= 4 is 17.3 Å². The number of benzene rings is 2. The van der Waals surface area contributed by atoms with E-state index in [1.54, 1.807) is 7.11 Å². The number of piperidine rings is 1. The third-order valence-electron chi connectivity index (χ3n) is 10.5. The number of aryl methyl sites for hydroxylation is 6. The molecule has 0 radical (unpaired) electrons. The van der Waals surface area contributed by atoms with E-state index in [1.807, 2.05) is 17.9 Å². The van der Waals surface area contributed by atoms with E-state index in [4.69, 9.17) is 19.8 Å². The lowest BCUT2D eigenvalue weighted by Gasteiger charge is -2.36. The predicted molar refractivity (Wildman–Crippen MR) is 198 cm³/mol. The Hall–Kier alpha value is -4.24. The first-order valence-electron chi connectivity index (χ1n) is 18.2.